The Balaban J connectivity index is 2.07. The van der Waals surface area contributed by atoms with Crippen molar-refractivity contribution < 1.29 is 9.90 Å². The van der Waals surface area contributed by atoms with Gasteiger partial charge in [0.15, 0.2) is 0 Å². The molecule has 0 aliphatic carbocycles. The fourth-order valence-electron chi connectivity index (χ4n) is 1.95. The molecule has 1 fully saturated rings. The summed E-state index contributed by atoms with van der Waals surface area (Å²) in [6.07, 6.45) is 1.27. The van der Waals surface area contributed by atoms with Crippen LogP contribution >= 0.6 is 11.3 Å². The monoisotopic (exact) mass is 254 g/mol. The Morgan fingerprint density at radius 3 is 2.59 bits per heavy atom. The SMILES string of the molecule is Cc1sc(C(=O)N2CCC(C)(O)CC2)cc1N. The normalized spacial score (nSPS) is 19.4. The average molecular weight is 254 g/mol. The summed E-state index contributed by atoms with van der Waals surface area (Å²) in [7, 11) is 0. The molecule has 0 saturated carbocycles. The van der Waals surface area contributed by atoms with E-state index in [0.29, 0.717) is 36.5 Å². The number of carbonyl (C=O) groups excluding carboxylic acids is 1. The lowest BCUT2D eigenvalue weighted by Crippen LogP contribution is -2.44. The Morgan fingerprint density at radius 1 is 1.53 bits per heavy atom. The second kappa shape index (κ2) is 4.31. The molecule has 0 aromatic carbocycles. The molecule has 2 heterocycles. The fourth-order valence-corrected chi connectivity index (χ4v) is 2.86. The van der Waals surface area contributed by atoms with Crippen LogP contribution < -0.4 is 5.73 Å². The van der Waals surface area contributed by atoms with Gasteiger partial charge >= 0.3 is 0 Å². The summed E-state index contributed by atoms with van der Waals surface area (Å²) in [4.78, 5) is 15.6. The van der Waals surface area contributed by atoms with Gasteiger partial charge in [-0.25, -0.2) is 0 Å². The van der Waals surface area contributed by atoms with E-state index in [-0.39, 0.29) is 5.91 Å². The molecule has 4 nitrogen and oxygen atoms in total. The molecule has 0 bridgehead atoms. The minimum atomic E-state index is -0.624. The molecule has 94 valence electrons. The van der Waals surface area contributed by atoms with E-state index in [1.165, 1.54) is 11.3 Å². The number of carbonyl (C=O) groups is 1. The zero-order chi connectivity index (χ0) is 12.6. The molecule has 1 aliphatic heterocycles. The number of hydrogen-bond acceptors (Lipinski definition) is 4. The molecule has 0 unspecified atom stereocenters. The maximum absolute atomic E-state index is 12.2. The van der Waals surface area contributed by atoms with Gasteiger partial charge in [0.25, 0.3) is 5.91 Å². The summed E-state index contributed by atoms with van der Waals surface area (Å²) in [5.74, 6) is 0.0327. The number of rotatable bonds is 1. The van der Waals surface area contributed by atoms with Crippen molar-refractivity contribution in [2.75, 3.05) is 18.8 Å². The Hall–Kier alpha value is -1.07. The van der Waals surface area contributed by atoms with Crippen molar-refractivity contribution in [2.24, 2.45) is 0 Å². The second-order valence-corrected chi connectivity index (χ2v) is 6.17. The van der Waals surface area contributed by atoms with Crippen LogP contribution in [0.4, 0.5) is 5.69 Å². The first-order valence-corrected chi connectivity index (χ1v) is 6.58. The molecule has 5 heteroatoms. The Bertz CT molecular complexity index is 410. The number of likely N-dealkylation sites (tertiary alicyclic amines) is 1. The van der Waals surface area contributed by atoms with Crippen molar-refractivity contribution in [3.05, 3.63) is 15.8 Å². The summed E-state index contributed by atoms with van der Waals surface area (Å²) in [5, 5.41) is 9.84. The van der Waals surface area contributed by atoms with Gasteiger partial charge in [0.1, 0.15) is 0 Å². The van der Waals surface area contributed by atoms with Crippen LogP contribution in [0.2, 0.25) is 0 Å². The highest BCUT2D eigenvalue weighted by Crippen LogP contribution is 2.27. The zero-order valence-electron chi connectivity index (χ0n) is 10.2. The molecule has 1 saturated heterocycles. The van der Waals surface area contributed by atoms with E-state index in [9.17, 15) is 9.90 Å². The zero-order valence-corrected chi connectivity index (χ0v) is 11.0. The summed E-state index contributed by atoms with van der Waals surface area (Å²) < 4.78 is 0. The van der Waals surface area contributed by atoms with Crippen molar-refractivity contribution >= 4 is 22.9 Å². The van der Waals surface area contributed by atoms with Gasteiger partial charge in [0, 0.05) is 23.7 Å². The van der Waals surface area contributed by atoms with E-state index in [0.717, 1.165) is 4.88 Å². The standard InChI is InChI=1S/C12H18N2O2S/c1-8-9(13)7-10(17-8)11(15)14-5-3-12(2,16)4-6-14/h7,16H,3-6,13H2,1-2H3. The van der Waals surface area contributed by atoms with Crippen LogP contribution in [0.3, 0.4) is 0 Å². The van der Waals surface area contributed by atoms with Gasteiger partial charge in [-0.3, -0.25) is 4.79 Å². The molecule has 1 amide bonds. The number of nitrogens with zero attached hydrogens (tertiary/aromatic N) is 1. The molecule has 1 aromatic rings. The van der Waals surface area contributed by atoms with Gasteiger partial charge in [0.2, 0.25) is 0 Å². The summed E-state index contributed by atoms with van der Waals surface area (Å²) in [6.45, 7) is 4.96. The lowest BCUT2D eigenvalue weighted by molar-refractivity contribution is -0.00188. The highest BCUT2D eigenvalue weighted by Gasteiger charge is 2.30. The largest absolute Gasteiger partial charge is 0.398 e. The second-order valence-electron chi connectivity index (χ2n) is 4.91. The molecule has 0 radical (unpaired) electrons. The molecule has 3 N–H and O–H groups in total. The quantitative estimate of drug-likeness (QED) is 0.800. The van der Waals surface area contributed by atoms with Crippen molar-refractivity contribution in [1.29, 1.82) is 0 Å². The Kier molecular flexibility index (Phi) is 3.14. The van der Waals surface area contributed by atoms with E-state index >= 15 is 0 Å². The van der Waals surface area contributed by atoms with Crippen LogP contribution in [0.15, 0.2) is 6.07 Å². The highest BCUT2D eigenvalue weighted by atomic mass is 32.1. The number of aliphatic hydroxyl groups is 1. The number of anilines is 1. The van der Waals surface area contributed by atoms with Crippen LogP contribution in [0.5, 0.6) is 0 Å². The fraction of sp³-hybridized carbons (Fsp3) is 0.583. The maximum Gasteiger partial charge on any atom is 0.264 e. The van der Waals surface area contributed by atoms with E-state index in [1.807, 2.05) is 13.8 Å². The van der Waals surface area contributed by atoms with Crippen molar-refractivity contribution in [1.82, 2.24) is 4.90 Å². The first-order valence-electron chi connectivity index (χ1n) is 5.77. The van der Waals surface area contributed by atoms with Crippen LogP contribution in [-0.4, -0.2) is 34.6 Å². The van der Waals surface area contributed by atoms with Crippen molar-refractivity contribution in [3.8, 4) is 0 Å². The first kappa shape index (κ1) is 12.4. The molecule has 2 rings (SSSR count). The van der Waals surface area contributed by atoms with Crippen molar-refractivity contribution in [3.63, 3.8) is 0 Å². The number of aryl methyl sites for hydroxylation is 1. The molecule has 17 heavy (non-hydrogen) atoms. The van der Waals surface area contributed by atoms with Gasteiger partial charge in [-0.1, -0.05) is 0 Å². The molecular formula is C12H18N2O2S. The Morgan fingerprint density at radius 2 is 2.12 bits per heavy atom. The Labute approximate surface area is 105 Å². The van der Waals surface area contributed by atoms with Gasteiger partial charge in [-0.05, 0) is 32.8 Å². The van der Waals surface area contributed by atoms with E-state index in [4.69, 9.17) is 5.73 Å². The van der Waals surface area contributed by atoms with Gasteiger partial charge in [0.05, 0.1) is 10.5 Å². The molecule has 0 atom stereocenters. The lowest BCUT2D eigenvalue weighted by atomic mass is 9.94. The predicted octanol–water partition coefficient (Wildman–Crippen LogP) is 1.63. The topological polar surface area (TPSA) is 66.6 Å². The van der Waals surface area contributed by atoms with Gasteiger partial charge in [-0.15, -0.1) is 11.3 Å². The minimum absolute atomic E-state index is 0.0327. The third-order valence-corrected chi connectivity index (χ3v) is 4.35. The third kappa shape index (κ3) is 2.61. The molecular weight excluding hydrogens is 236 g/mol. The van der Waals surface area contributed by atoms with Gasteiger partial charge < -0.3 is 15.7 Å². The number of amides is 1. The smallest absolute Gasteiger partial charge is 0.264 e. The number of hydrogen-bond donors (Lipinski definition) is 2. The summed E-state index contributed by atoms with van der Waals surface area (Å²) in [6, 6.07) is 1.75. The van der Waals surface area contributed by atoms with Crippen LogP contribution in [0.25, 0.3) is 0 Å². The molecule has 1 aliphatic rings. The van der Waals surface area contributed by atoms with E-state index in [1.54, 1.807) is 11.0 Å². The highest BCUT2D eigenvalue weighted by molar-refractivity contribution is 7.14. The number of piperidine rings is 1. The predicted molar refractivity (Wildman–Crippen MR) is 69.2 cm³/mol. The third-order valence-electron chi connectivity index (χ3n) is 3.29. The average Bonchev–Trinajstić information content (AvgIpc) is 2.58. The summed E-state index contributed by atoms with van der Waals surface area (Å²) >= 11 is 1.44. The first-order chi connectivity index (χ1) is 7.89. The van der Waals surface area contributed by atoms with E-state index < -0.39 is 5.60 Å². The van der Waals surface area contributed by atoms with E-state index in [2.05, 4.69) is 0 Å². The van der Waals surface area contributed by atoms with Gasteiger partial charge in [-0.2, -0.15) is 0 Å². The minimum Gasteiger partial charge on any atom is -0.398 e. The summed E-state index contributed by atoms with van der Waals surface area (Å²) in [5.41, 5.74) is 5.81. The van der Waals surface area contributed by atoms with Crippen LogP contribution in [-0.2, 0) is 0 Å². The number of nitrogen functional groups attached to an aromatic ring is 1. The van der Waals surface area contributed by atoms with Crippen molar-refractivity contribution in [2.45, 2.75) is 32.3 Å². The van der Waals surface area contributed by atoms with Crippen LogP contribution in [0.1, 0.15) is 34.3 Å². The number of nitrogens with two attached hydrogens (primary N) is 1. The molecule has 1 aromatic heterocycles. The lowest BCUT2D eigenvalue weighted by Gasteiger charge is -2.35. The maximum atomic E-state index is 12.2. The molecule has 0 spiro atoms. The number of thiophene rings is 1. The van der Waals surface area contributed by atoms with Crippen LogP contribution in [0, 0.1) is 6.92 Å².